The van der Waals surface area contributed by atoms with Gasteiger partial charge < -0.3 is 15.5 Å². The summed E-state index contributed by atoms with van der Waals surface area (Å²) in [7, 11) is 0. The summed E-state index contributed by atoms with van der Waals surface area (Å²) in [5.74, 6) is -1.83. The molecule has 8 nitrogen and oxygen atoms in total. The molecule has 5 rings (SSSR count). The Balaban J connectivity index is 1.40. The van der Waals surface area contributed by atoms with Crippen LogP contribution in [0.15, 0.2) is 40.8 Å². The average Bonchev–Trinajstić information content (AvgIpc) is 3.16. The highest BCUT2D eigenvalue weighted by atomic mass is 19.1. The number of benzene rings is 2. The van der Waals surface area contributed by atoms with Crippen LogP contribution in [0.5, 0.6) is 0 Å². The molecule has 1 amide bonds. The van der Waals surface area contributed by atoms with Crippen LogP contribution in [0.25, 0.3) is 23.1 Å². The first-order valence-corrected chi connectivity index (χ1v) is 9.47. The standard InChI is InChI=1S/C21H16F2N6O2/c22-12-4-1-11(2-5-12)3-6-15-13-9-17(14(23)10-16(13)27-26-15)25-18(30)19-28-29-20(31-19)21(24)7-8-21/h1-6,9-10H,7-8,24H2,(H,25,30)(H,26,27). The zero-order valence-electron chi connectivity index (χ0n) is 16.0. The number of anilines is 1. The monoisotopic (exact) mass is 422 g/mol. The van der Waals surface area contributed by atoms with Crippen LogP contribution in [0.3, 0.4) is 0 Å². The van der Waals surface area contributed by atoms with Crippen LogP contribution in [0, 0.1) is 11.6 Å². The number of halogens is 2. The Labute approximate surface area is 174 Å². The molecule has 4 aromatic rings. The molecule has 10 heteroatoms. The maximum atomic E-state index is 14.5. The molecule has 2 aromatic heterocycles. The number of aromatic nitrogens is 4. The zero-order chi connectivity index (χ0) is 21.6. The number of aromatic amines is 1. The van der Waals surface area contributed by atoms with Gasteiger partial charge in [-0.25, -0.2) is 8.78 Å². The summed E-state index contributed by atoms with van der Waals surface area (Å²) in [6.45, 7) is 0. The quantitative estimate of drug-likeness (QED) is 0.452. The maximum Gasteiger partial charge on any atom is 0.313 e. The number of carbonyl (C=O) groups excluding carboxylic acids is 1. The highest BCUT2D eigenvalue weighted by Gasteiger charge is 2.45. The van der Waals surface area contributed by atoms with Crippen LogP contribution in [0.2, 0.25) is 0 Å². The van der Waals surface area contributed by atoms with Crippen molar-refractivity contribution >= 4 is 34.6 Å². The Morgan fingerprint density at radius 1 is 1.16 bits per heavy atom. The van der Waals surface area contributed by atoms with E-state index in [9.17, 15) is 13.6 Å². The van der Waals surface area contributed by atoms with Gasteiger partial charge in [0.2, 0.25) is 5.89 Å². The van der Waals surface area contributed by atoms with Crippen molar-refractivity contribution in [3.63, 3.8) is 0 Å². The summed E-state index contributed by atoms with van der Waals surface area (Å²) >= 11 is 0. The number of hydrogen-bond acceptors (Lipinski definition) is 6. The Hall–Kier alpha value is -3.92. The molecule has 2 heterocycles. The number of amides is 1. The molecule has 1 saturated carbocycles. The number of hydrogen-bond donors (Lipinski definition) is 3. The lowest BCUT2D eigenvalue weighted by Gasteiger charge is -2.05. The molecular weight excluding hydrogens is 406 g/mol. The molecule has 0 spiro atoms. The van der Waals surface area contributed by atoms with E-state index in [2.05, 4.69) is 25.7 Å². The summed E-state index contributed by atoms with van der Waals surface area (Å²) in [5.41, 5.74) is 6.99. The number of rotatable bonds is 5. The lowest BCUT2D eigenvalue weighted by molar-refractivity contribution is 0.0987. The SMILES string of the molecule is NC1(c2nnc(C(=O)Nc3cc4c(C=Cc5ccc(F)cc5)n[nH]c4cc3F)o2)CC1. The molecule has 1 aliphatic rings. The molecule has 0 atom stereocenters. The van der Waals surface area contributed by atoms with Crippen LogP contribution in [-0.4, -0.2) is 26.3 Å². The molecule has 156 valence electrons. The van der Waals surface area contributed by atoms with Gasteiger partial charge in [-0.15, -0.1) is 10.2 Å². The number of nitrogens with one attached hydrogen (secondary N) is 2. The Kier molecular flexibility index (Phi) is 4.36. The highest BCUT2D eigenvalue weighted by molar-refractivity contribution is 6.02. The van der Waals surface area contributed by atoms with Gasteiger partial charge in [-0.2, -0.15) is 5.10 Å². The summed E-state index contributed by atoms with van der Waals surface area (Å²) in [6.07, 6.45) is 4.86. The van der Waals surface area contributed by atoms with E-state index < -0.39 is 17.3 Å². The van der Waals surface area contributed by atoms with E-state index in [0.29, 0.717) is 29.4 Å². The van der Waals surface area contributed by atoms with Crippen molar-refractivity contribution in [3.05, 3.63) is 71.1 Å². The first-order chi connectivity index (χ1) is 14.9. The Morgan fingerprint density at radius 3 is 2.68 bits per heavy atom. The van der Waals surface area contributed by atoms with Crippen molar-refractivity contribution in [3.8, 4) is 0 Å². The van der Waals surface area contributed by atoms with Crippen molar-refractivity contribution in [2.75, 3.05) is 5.32 Å². The summed E-state index contributed by atoms with van der Waals surface area (Å²) in [6, 6.07) is 8.63. The van der Waals surface area contributed by atoms with Crippen molar-refractivity contribution in [2.24, 2.45) is 5.73 Å². The number of nitrogens with zero attached hydrogens (tertiary/aromatic N) is 3. The topological polar surface area (TPSA) is 123 Å². The molecule has 0 unspecified atom stereocenters. The molecule has 1 aliphatic carbocycles. The average molecular weight is 422 g/mol. The highest BCUT2D eigenvalue weighted by Crippen LogP contribution is 2.41. The number of nitrogens with two attached hydrogens (primary N) is 1. The van der Waals surface area contributed by atoms with E-state index >= 15 is 0 Å². The third-order valence-electron chi connectivity index (χ3n) is 5.07. The third kappa shape index (κ3) is 3.68. The van der Waals surface area contributed by atoms with Gasteiger partial charge in [0.1, 0.15) is 11.6 Å². The zero-order valence-corrected chi connectivity index (χ0v) is 16.0. The van der Waals surface area contributed by atoms with Gasteiger partial charge in [0.25, 0.3) is 0 Å². The fourth-order valence-corrected chi connectivity index (χ4v) is 3.07. The number of fused-ring (bicyclic) bond motifs is 1. The molecule has 1 fully saturated rings. The maximum absolute atomic E-state index is 14.5. The summed E-state index contributed by atoms with van der Waals surface area (Å²) in [4.78, 5) is 12.4. The van der Waals surface area contributed by atoms with Crippen LogP contribution >= 0.6 is 0 Å². The van der Waals surface area contributed by atoms with Gasteiger partial charge in [-0.1, -0.05) is 18.2 Å². The molecule has 0 radical (unpaired) electrons. The van der Waals surface area contributed by atoms with Crippen LogP contribution in [0.4, 0.5) is 14.5 Å². The van der Waals surface area contributed by atoms with E-state index in [1.54, 1.807) is 24.3 Å². The third-order valence-corrected chi connectivity index (χ3v) is 5.07. The van der Waals surface area contributed by atoms with E-state index in [0.717, 1.165) is 5.56 Å². The minimum atomic E-state index is -0.742. The van der Waals surface area contributed by atoms with E-state index in [-0.39, 0.29) is 23.3 Å². The molecule has 31 heavy (non-hydrogen) atoms. The molecule has 0 aliphatic heterocycles. The van der Waals surface area contributed by atoms with E-state index in [1.807, 2.05) is 0 Å². The Bertz CT molecular complexity index is 1320. The Morgan fingerprint density at radius 2 is 1.94 bits per heavy atom. The first-order valence-electron chi connectivity index (χ1n) is 9.47. The van der Waals surface area contributed by atoms with Crippen molar-refractivity contribution in [2.45, 2.75) is 18.4 Å². The van der Waals surface area contributed by atoms with Crippen molar-refractivity contribution < 1.29 is 18.0 Å². The lowest BCUT2D eigenvalue weighted by Crippen LogP contribution is -2.19. The van der Waals surface area contributed by atoms with Gasteiger partial charge >= 0.3 is 11.8 Å². The van der Waals surface area contributed by atoms with Crippen LogP contribution in [-0.2, 0) is 5.54 Å². The minimum Gasteiger partial charge on any atom is -0.415 e. The molecule has 2 aromatic carbocycles. The van der Waals surface area contributed by atoms with E-state index in [4.69, 9.17) is 10.2 Å². The van der Waals surface area contributed by atoms with Gasteiger partial charge in [0.05, 0.1) is 22.4 Å². The van der Waals surface area contributed by atoms with Crippen molar-refractivity contribution in [1.29, 1.82) is 0 Å². The van der Waals surface area contributed by atoms with E-state index in [1.165, 1.54) is 24.3 Å². The fraction of sp³-hybridized carbons (Fsp3) is 0.143. The fourth-order valence-electron chi connectivity index (χ4n) is 3.07. The predicted octanol–water partition coefficient (Wildman–Crippen LogP) is 3.59. The molecular formula is C21H16F2N6O2. The van der Waals surface area contributed by atoms with Gasteiger partial charge in [-0.05, 0) is 42.7 Å². The number of carbonyl (C=O) groups is 1. The van der Waals surface area contributed by atoms with Gasteiger partial charge in [0, 0.05) is 11.5 Å². The van der Waals surface area contributed by atoms with Gasteiger partial charge in [-0.3, -0.25) is 9.89 Å². The summed E-state index contributed by atoms with van der Waals surface area (Å²) in [5, 5.41) is 17.4. The smallest absolute Gasteiger partial charge is 0.313 e. The van der Waals surface area contributed by atoms with Crippen molar-refractivity contribution in [1.82, 2.24) is 20.4 Å². The molecule has 4 N–H and O–H groups in total. The second-order valence-electron chi connectivity index (χ2n) is 7.39. The molecule has 0 saturated heterocycles. The largest absolute Gasteiger partial charge is 0.415 e. The first kappa shape index (κ1) is 19.1. The minimum absolute atomic E-state index is 0.0658. The number of H-pyrrole nitrogens is 1. The normalized spacial score (nSPS) is 14.9. The molecule has 0 bridgehead atoms. The second kappa shape index (κ2) is 7.10. The second-order valence-corrected chi connectivity index (χ2v) is 7.39. The summed E-state index contributed by atoms with van der Waals surface area (Å²) < 4.78 is 32.9. The predicted molar refractivity (Wildman–Crippen MR) is 109 cm³/mol. The van der Waals surface area contributed by atoms with Gasteiger partial charge in [0.15, 0.2) is 0 Å². The van der Waals surface area contributed by atoms with Crippen LogP contribution < -0.4 is 11.1 Å². The van der Waals surface area contributed by atoms with Crippen LogP contribution in [0.1, 0.15) is 40.7 Å². The lowest BCUT2D eigenvalue weighted by atomic mass is 10.1.